The molecule has 7 nitrogen and oxygen atoms in total. The van der Waals surface area contributed by atoms with E-state index in [9.17, 15) is 9.90 Å². The van der Waals surface area contributed by atoms with Crippen molar-refractivity contribution >= 4 is 5.95 Å². The molecule has 3 heterocycles. The number of fused-ring (bicyclic) bond motifs is 1. The zero-order valence-corrected chi connectivity index (χ0v) is 19.3. The summed E-state index contributed by atoms with van der Waals surface area (Å²) < 4.78 is 1.68. The van der Waals surface area contributed by atoms with Gasteiger partial charge in [0.05, 0.1) is 24.0 Å². The first-order valence-corrected chi connectivity index (χ1v) is 11.4. The summed E-state index contributed by atoms with van der Waals surface area (Å²) in [5.41, 5.74) is 3.74. The van der Waals surface area contributed by atoms with Gasteiger partial charge in [-0.15, -0.1) is 0 Å². The van der Waals surface area contributed by atoms with E-state index in [0.29, 0.717) is 30.4 Å². The average Bonchev–Trinajstić information content (AvgIpc) is 2.86. The van der Waals surface area contributed by atoms with E-state index in [0.717, 1.165) is 23.1 Å². The molecule has 2 aromatic carbocycles. The fourth-order valence-corrected chi connectivity index (χ4v) is 4.41. The van der Waals surface area contributed by atoms with E-state index < -0.39 is 6.10 Å². The molecule has 4 aromatic rings. The third-order valence-corrected chi connectivity index (χ3v) is 6.51. The smallest absolute Gasteiger partial charge is 0.255 e. The maximum absolute atomic E-state index is 12.9. The average molecular weight is 454 g/mol. The van der Waals surface area contributed by atoms with Crippen LogP contribution in [0, 0.1) is 0 Å². The number of hydrogen-bond acceptors (Lipinski definition) is 6. The van der Waals surface area contributed by atoms with Crippen LogP contribution >= 0.6 is 0 Å². The van der Waals surface area contributed by atoms with Gasteiger partial charge in [0.25, 0.3) is 5.56 Å². The van der Waals surface area contributed by atoms with Crippen molar-refractivity contribution < 1.29 is 5.11 Å². The van der Waals surface area contributed by atoms with E-state index in [1.165, 1.54) is 12.4 Å². The molecule has 0 fully saturated rings. The summed E-state index contributed by atoms with van der Waals surface area (Å²) in [6, 6.07) is 21.4. The van der Waals surface area contributed by atoms with Gasteiger partial charge in [-0.25, -0.2) is 15.0 Å². The summed E-state index contributed by atoms with van der Waals surface area (Å²) >= 11 is 0. The SMILES string of the molecule is CC1(C)CCn2c(nc(-c3ccncn3)cc2=O)N1C[C@H](O)c1ccc(-c2ccccc2)cc1. The third kappa shape index (κ3) is 4.22. The Morgan fingerprint density at radius 3 is 2.44 bits per heavy atom. The van der Waals surface area contributed by atoms with Crippen LogP contribution in [0.25, 0.3) is 22.5 Å². The highest BCUT2D eigenvalue weighted by Crippen LogP contribution is 2.33. The first kappa shape index (κ1) is 22.0. The first-order valence-electron chi connectivity index (χ1n) is 11.4. The van der Waals surface area contributed by atoms with Gasteiger partial charge >= 0.3 is 0 Å². The van der Waals surface area contributed by atoms with Crippen LogP contribution < -0.4 is 10.5 Å². The van der Waals surface area contributed by atoms with E-state index in [4.69, 9.17) is 4.98 Å². The summed E-state index contributed by atoms with van der Waals surface area (Å²) in [7, 11) is 0. The number of nitrogens with zero attached hydrogens (tertiary/aromatic N) is 5. The molecule has 172 valence electrons. The summed E-state index contributed by atoms with van der Waals surface area (Å²) in [5, 5.41) is 11.2. The van der Waals surface area contributed by atoms with Gasteiger partial charge in [0.15, 0.2) is 0 Å². The summed E-state index contributed by atoms with van der Waals surface area (Å²) in [4.78, 5) is 28.0. The highest BCUT2D eigenvalue weighted by atomic mass is 16.3. The standard InChI is InChI=1S/C27H27N5O2/c1-27(2)13-15-31-25(34)16-23(22-12-14-28-18-29-22)30-26(31)32(27)17-24(33)21-10-8-20(9-11-21)19-6-4-3-5-7-19/h3-12,14,16,18,24,33H,13,15,17H2,1-2H3/t24-/m0/s1. The molecule has 0 bridgehead atoms. The topological polar surface area (TPSA) is 84.1 Å². The van der Waals surface area contributed by atoms with E-state index in [1.807, 2.05) is 47.4 Å². The summed E-state index contributed by atoms with van der Waals surface area (Å²) in [6.45, 7) is 5.13. The summed E-state index contributed by atoms with van der Waals surface area (Å²) in [6.07, 6.45) is 3.11. The molecule has 1 N–H and O–H groups in total. The molecule has 0 unspecified atom stereocenters. The van der Waals surface area contributed by atoms with Crippen LogP contribution in [-0.2, 0) is 6.54 Å². The molecule has 5 rings (SSSR count). The van der Waals surface area contributed by atoms with Crippen molar-refractivity contribution in [1.82, 2.24) is 19.5 Å². The van der Waals surface area contributed by atoms with Gasteiger partial charge in [-0.1, -0.05) is 54.6 Å². The van der Waals surface area contributed by atoms with E-state index in [-0.39, 0.29) is 11.1 Å². The Kier molecular flexibility index (Phi) is 5.71. The zero-order chi connectivity index (χ0) is 23.7. The minimum absolute atomic E-state index is 0.124. The molecule has 0 amide bonds. The lowest BCUT2D eigenvalue weighted by molar-refractivity contribution is 0.169. The first-order chi connectivity index (χ1) is 16.4. The van der Waals surface area contributed by atoms with Crippen LogP contribution in [0.1, 0.15) is 31.9 Å². The molecule has 7 heteroatoms. The van der Waals surface area contributed by atoms with Gasteiger partial charge in [0.1, 0.15) is 6.33 Å². The number of aliphatic hydroxyl groups excluding tert-OH is 1. The quantitative estimate of drug-likeness (QED) is 0.490. The second-order valence-corrected chi connectivity index (χ2v) is 9.20. The lowest BCUT2D eigenvalue weighted by atomic mass is 9.94. The van der Waals surface area contributed by atoms with Crippen LogP contribution in [0.15, 0.2) is 84.0 Å². The van der Waals surface area contributed by atoms with Gasteiger partial charge in [0, 0.05) is 24.3 Å². The Bertz CT molecular complexity index is 1340. The Balaban J connectivity index is 1.46. The number of aliphatic hydroxyl groups is 1. The maximum Gasteiger partial charge on any atom is 0.255 e. The number of hydrogen-bond donors (Lipinski definition) is 1. The molecule has 0 aliphatic carbocycles. The lowest BCUT2D eigenvalue weighted by Gasteiger charge is -2.45. The highest BCUT2D eigenvalue weighted by Gasteiger charge is 2.36. The number of aromatic nitrogens is 4. The number of rotatable bonds is 5. The van der Waals surface area contributed by atoms with Crippen molar-refractivity contribution in [3.05, 3.63) is 95.2 Å². The van der Waals surface area contributed by atoms with Gasteiger partial charge in [-0.05, 0) is 43.0 Å². The molecule has 1 atom stereocenters. The summed E-state index contributed by atoms with van der Waals surface area (Å²) in [5.74, 6) is 0.553. The molecule has 2 aromatic heterocycles. The van der Waals surface area contributed by atoms with Gasteiger partial charge in [-0.2, -0.15) is 0 Å². The van der Waals surface area contributed by atoms with Gasteiger partial charge in [-0.3, -0.25) is 9.36 Å². The van der Waals surface area contributed by atoms with Crippen LogP contribution in [0.5, 0.6) is 0 Å². The Morgan fingerprint density at radius 2 is 1.74 bits per heavy atom. The largest absolute Gasteiger partial charge is 0.387 e. The second-order valence-electron chi connectivity index (χ2n) is 9.20. The van der Waals surface area contributed by atoms with Crippen molar-refractivity contribution in [2.24, 2.45) is 0 Å². The normalized spacial score (nSPS) is 15.6. The molecular formula is C27H27N5O2. The van der Waals surface area contributed by atoms with Gasteiger partial charge < -0.3 is 10.0 Å². The number of benzene rings is 2. The van der Waals surface area contributed by atoms with Crippen LogP contribution in [0.4, 0.5) is 5.95 Å². The molecule has 1 aliphatic heterocycles. The van der Waals surface area contributed by atoms with E-state index in [2.05, 4.69) is 35.9 Å². The van der Waals surface area contributed by atoms with E-state index >= 15 is 0 Å². The van der Waals surface area contributed by atoms with Crippen LogP contribution in [0.3, 0.4) is 0 Å². The third-order valence-electron chi connectivity index (χ3n) is 6.51. The Hall–Kier alpha value is -3.84. The van der Waals surface area contributed by atoms with Gasteiger partial charge in [0.2, 0.25) is 5.95 Å². The lowest BCUT2D eigenvalue weighted by Crippen LogP contribution is -2.53. The predicted molar refractivity (Wildman–Crippen MR) is 132 cm³/mol. The minimum Gasteiger partial charge on any atom is -0.387 e. The monoisotopic (exact) mass is 453 g/mol. The number of β-amino-alcohol motifs (C(OH)–C–C–N with tert-alkyl or cyclic N) is 1. The fourth-order valence-electron chi connectivity index (χ4n) is 4.41. The van der Waals surface area contributed by atoms with Crippen molar-refractivity contribution in [3.63, 3.8) is 0 Å². The molecule has 34 heavy (non-hydrogen) atoms. The van der Waals surface area contributed by atoms with Crippen LogP contribution in [-0.4, -0.2) is 36.7 Å². The van der Waals surface area contributed by atoms with Crippen molar-refractivity contribution in [2.45, 2.75) is 38.5 Å². The number of anilines is 1. The van der Waals surface area contributed by atoms with Crippen LogP contribution in [0.2, 0.25) is 0 Å². The molecular weight excluding hydrogens is 426 g/mol. The van der Waals surface area contributed by atoms with Crippen molar-refractivity contribution in [3.8, 4) is 22.5 Å². The van der Waals surface area contributed by atoms with Crippen molar-refractivity contribution in [2.75, 3.05) is 11.4 Å². The molecule has 0 saturated carbocycles. The molecule has 0 spiro atoms. The molecule has 0 radical (unpaired) electrons. The van der Waals surface area contributed by atoms with Crippen molar-refractivity contribution in [1.29, 1.82) is 0 Å². The fraction of sp³-hybridized carbons (Fsp3) is 0.259. The van der Waals surface area contributed by atoms with E-state index in [1.54, 1.807) is 16.8 Å². The Morgan fingerprint density at radius 1 is 1.00 bits per heavy atom. The maximum atomic E-state index is 12.9. The minimum atomic E-state index is -0.741. The second kappa shape index (κ2) is 8.83. The Labute approximate surface area is 198 Å². The zero-order valence-electron chi connectivity index (χ0n) is 19.3. The molecule has 0 saturated heterocycles. The molecule has 1 aliphatic rings. The highest BCUT2D eigenvalue weighted by molar-refractivity contribution is 5.63. The predicted octanol–water partition coefficient (Wildman–Crippen LogP) is 4.09.